The highest BCUT2D eigenvalue weighted by Gasteiger charge is 2.22. The van der Waals surface area contributed by atoms with E-state index in [1.165, 1.54) is 6.20 Å². The van der Waals surface area contributed by atoms with Crippen LogP contribution in [0.1, 0.15) is 16.1 Å². The molecule has 0 spiro atoms. The van der Waals surface area contributed by atoms with Gasteiger partial charge in [0, 0.05) is 6.42 Å². The van der Waals surface area contributed by atoms with Gasteiger partial charge in [0.1, 0.15) is 6.04 Å². The summed E-state index contributed by atoms with van der Waals surface area (Å²) in [6.45, 7) is 0. The zero-order valence-electron chi connectivity index (χ0n) is 9.91. The molecule has 98 valence electrons. The summed E-state index contributed by atoms with van der Waals surface area (Å²) in [4.78, 5) is 22.9. The molecule has 0 aliphatic heterocycles. The van der Waals surface area contributed by atoms with Gasteiger partial charge in [-0.1, -0.05) is 30.3 Å². The summed E-state index contributed by atoms with van der Waals surface area (Å²) in [6.07, 6.45) is 1.44. The smallest absolute Gasteiger partial charge is 0.326 e. The summed E-state index contributed by atoms with van der Waals surface area (Å²) in [5.74, 6) is -1.67. The molecule has 0 fully saturated rings. The van der Waals surface area contributed by atoms with Crippen LogP contribution in [0, 0.1) is 0 Å². The van der Waals surface area contributed by atoms with Gasteiger partial charge in [0.2, 0.25) is 0 Å². The first-order valence-corrected chi connectivity index (χ1v) is 5.60. The molecule has 1 aromatic heterocycles. The lowest BCUT2D eigenvalue weighted by Gasteiger charge is -2.13. The van der Waals surface area contributed by atoms with E-state index in [9.17, 15) is 9.59 Å². The zero-order valence-corrected chi connectivity index (χ0v) is 9.91. The number of aliphatic carboxylic acids is 1. The average molecular weight is 260 g/mol. The Balaban J connectivity index is 2.05. The number of nitrogens with zero attached hydrogens (tertiary/aromatic N) is 2. The number of benzene rings is 1. The van der Waals surface area contributed by atoms with Gasteiger partial charge >= 0.3 is 5.97 Å². The number of aromatic amines is 1. The summed E-state index contributed by atoms with van der Waals surface area (Å²) < 4.78 is 0. The third-order valence-corrected chi connectivity index (χ3v) is 2.53. The second-order valence-corrected chi connectivity index (χ2v) is 3.91. The monoisotopic (exact) mass is 260 g/mol. The van der Waals surface area contributed by atoms with E-state index < -0.39 is 17.9 Å². The second kappa shape index (κ2) is 5.76. The van der Waals surface area contributed by atoms with E-state index in [0.717, 1.165) is 5.56 Å². The molecule has 7 heteroatoms. The standard InChI is InChI=1S/C12H12N4O3/c17-11(10-7-13-16-15-10)14-9(12(18)19)6-8-4-2-1-3-5-8/h1-5,7,9H,6H2,(H,14,17)(H,18,19)(H,13,15,16)/t9-/m0/s1. The van der Waals surface area contributed by atoms with E-state index in [1.807, 2.05) is 18.2 Å². The van der Waals surface area contributed by atoms with Crippen molar-refractivity contribution in [2.24, 2.45) is 0 Å². The molecule has 2 aromatic rings. The molecule has 1 heterocycles. The number of carbonyl (C=O) groups excluding carboxylic acids is 1. The van der Waals surface area contributed by atoms with Crippen LogP contribution in [0.25, 0.3) is 0 Å². The van der Waals surface area contributed by atoms with Gasteiger partial charge in [0.05, 0.1) is 6.20 Å². The fraction of sp³-hybridized carbons (Fsp3) is 0.167. The molecule has 0 radical (unpaired) electrons. The van der Waals surface area contributed by atoms with Gasteiger partial charge in [-0.05, 0) is 5.56 Å². The first-order valence-electron chi connectivity index (χ1n) is 5.60. The third-order valence-electron chi connectivity index (χ3n) is 2.53. The number of H-pyrrole nitrogens is 1. The Morgan fingerprint density at radius 2 is 2.05 bits per heavy atom. The minimum absolute atomic E-state index is 0.0549. The van der Waals surface area contributed by atoms with E-state index in [4.69, 9.17) is 5.11 Å². The number of carboxylic acids is 1. The Kier molecular flexibility index (Phi) is 3.87. The maximum absolute atomic E-state index is 11.7. The van der Waals surface area contributed by atoms with Crippen molar-refractivity contribution in [3.63, 3.8) is 0 Å². The molecule has 3 N–H and O–H groups in total. The summed E-state index contributed by atoms with van der Waals surface area (Å²) in [5.41, 5.74) is 0.884. The summed E-state index contributed by atoms with van der Waals surface area (Å²) >= 11 is 0. The van der Waals surface area contributed by atoms with Crippen molar-refractivity contribution in [2.75, 3.05) is 0 Å². The van der Waals surface area contributed by atoms with Crippen LogP contribution >= 0.6 is 0 Å². The number of hydrogen-bond donors (Lipinski definition) is 3. The largest absolute Gasteiger partial charge is 0.480 e. The molecule has 7 nitrogen and oxygen atoms in total. The first-order chi connectivity index (χ1) is 9.16. The highest BCUT2D eigenvalue weighted by atomic mass is 16.4. The molecule has 0 aliphatic carbocycles. The number of nitrogens with one attached hydrogen (secondary N) is 2. The number of carboxylic acid groups (broad SMARTS) is 1. The lowest BCUT2D eigenvalue weighted by atomic mass is 10.1. The molecule has 1 atom stereocenters. The van der Waals surface area contributed by atoms with Gasteiger partial charge in [-0.15, -0.1) is 0 Å². The zero-order chi connectivity index (χ0) is 13.7. The predicted octanol–water partition coefficient (Wildman–Crippen LogP) is 0.230. The number of hydrogen-bond acceptors (Lipinski definition) is 4. The van der Waals surface area contributed by atoms with Crippen LogP contribution < -0.4 is 5.32 Å². The van der Waals surface area contributed by atoms with E-state index >= 15 is 0 Å². The number of carbonyl (C=O) groups is 2. The van der Waals surface area contributed by atoms with Gasteiger partial charge in [0.25, 0.3) is 5.91 Å². The SMILES string of the molecule is O=C(N[C@@H](Cc1ccccc1)C(=O)O)c1cn[nH]n1. The Morgan fingerprint density at radius 3 is 2.63 bits per heavy atom. The molecule has 0 aliphatic rings. The van der Waals surface area contributed by atoms with Crippen molar-refractivity contribution >= 4 is 11.9 Å². The fourth-order valence-electron chi connectivity index (χ4n) is 1.59. The van der Waals surface area contributed by atoms with Gasteiger partial charge in [0.15, 0.2) is 5.69 Å². The van der Waals surface area contributed by atoms with Crippen LogP contribution in [-0.2, 0) is 11.2 Å². The number of aromatic nitrogens is 3. The predicted molar refractivity (Wildman–Crippen MR) is 65.4 cm³/mol. The summed E-state index contributed by atoms with van der Waals surface area (Å²) in [6, 6.07) is 8.07. The molecule has 19 heavy (non-hydrogen) atoms. The summed E-state index contributed by atoms with van der Waals surface area (Å²) in [5, 5.41) is 20.9. The average Bonchev–Trinajstić information content (AvgIpc) is 2.93. The molecule has 0 bridgehead atoms. The quantitative estimate of drug-likeness (QED) is 0.713. The Hall–Kier alpha value is -2.70. The lowest BCUT2D eigenvalue weighted by Crippen LogP contribution is -2.42. The van der Waals surface area contributed by atoms with Crippen molar-refractivity contribution in [1.29, 1.82) is 0 Å². The summed E-state index contributed by atoms with van der Waals surface area (Å²) in [7, 11) is 0. The van der Waals surface area contributed by atoms with E-state index in [-0.39, 0.29) is 12.1 Å². The minimum atomic E-state index is -1.10. The van der Waals surface area contributed by atoms with E-state index in [1.54, 1.807) is 12.1 Å². The van der Waals surface area contributed by atoms with E-state index in [0.29, 0.717) is 0 Å². The maximum atomic E-state index is 11.7. The highest BCUT2D eigenvalue weighted by Crippen LogP contribution is 2.04. The third kappa shape index (κ3) is 3.38. The lowest BCUT2D eigenvalue weighted by molar-refractivity contribution is -0.139. The molecule has 0 saturated heterocycles. The topological polar surface area (TPSA) is 108 Å². The number of amides is 1. The van der Waals surface area contributed by atoms with Crippen molar-refractivity contribution in [1.82, 2.24) is 20.7 Å². The first kappa shape index (κ1) is 12.7. The van der Waals surface area contributed by atoms with Crippen molar-refractivity contribution in [2.45, 2.75) is 12.5 Å². The normalized spacial score (nSPS) is 11.8. The Morgan fingerprint density at radius 1 is 1.32 bits per heavy atom. The van der Waals surface area contributed by atoms with Crippen LogP contribution in [0.5, 0.6) is 0 Å². The van der Waals surface area contributed by atoms with Gasteiger partial charge in [-0.3, -0.25) is 4.79 Å². The Bertz CT molecular complexity index is 554. The van der Waals surface area contributed by atoms with Gasteiger partial charge in [-0.2, -0.15) is 15.4 Å². The van der Waals surface area contributed by atoms with Crippen molar-refractivity contribution < 1.29 is 14.7 Å². The van der Waals surface area contributed by atoms with Crippen molar-refractivity contribution in [3.05, 3.63) is 47.8 Å². The van der Waals surface area contributed by atoms with Crippen LogP contribution in [0.2, 0.25) is 0 Å². The maximum Gasteiger partial charge on any atom is 0.326 e. The van der Waals surface area contributed by atoms with Crippen LogP contribution in [0.4, 0.5) is 0 Å². The number of rotatable bonds is 5. The van der Waals surface area contributed by atoms with Crippen LogP contribution in [0.3, 0.4) is 0 Å². The molecular weight excluding hydrogens is 248 g/mol. The molecule has 0 unspecified atom stereocenters. The highest BCUT2D eigenvalue weighted by molar-refractivity contribution is 5.94. The van der Waals surface area contributed by atoms with Crippen molar-refractivity contribution in [3.8, 4) is 0 Å². The Labute approximate surface area is 108 Å². The molecule has 1 aromatic carbocycles. The van der Waals surface area contributed by atoms with Crippen LogP contribution in [0.15, 0.2) is 36.5 Å². The molecular formula is C12H12N4O3. The fourth-order valence-corrected chi connectivity index (χ4v) is 1.59. The van der Waals surface area contributed by atoms with E-state index in [2.05, 4.69) is 20.7 Å². The second-order valence-electron chi connectivity index (χ2n) is 3.91. The molecule has 2 rings (SSSR count). The molecule has 1 amide bonds. The van der Waals surface area contributed by atoms with Crippen LogP contribution in [-0.4, -0.2) is 38.4 Å². The molecule has 0 saturated carbocycles. The van der Waals surface area contributed by atoms with Gasteiger partial charge in [-0.25, -0.2) is 4.79 Å². The van der Waals surface area contributed by atoms with Gasteiger partial charge < -0.3 is 10.4 Å². The minimum Gasteiger partial charge on any atom is -0.480 e.